The number of nitrogens with two attached hydrogens (primary N) is 1. The number of aromatic nitrogens is 2. The fourth-order valence-corrected chi connectivity index (χ4v) is 4.09. The lowest BCUT2D eigenvalue weighted by Crippen LogP contribution is -2.53. The maximum Gasteiger partial charge on any atom is 0.328 e. The number of ether oxygens (including phenoxy) is 1. The normalized spacial score (nSPS) is 18.1. The third-order valence-electron chi connectivity index (χ3n) is 4.66. The van der Waals surface area contributed by atoms with Crippen molar-refractivity contribution < 1.29 is 13.2 Å². The van der Waals surface area contributed by atoms with Crippen LogP contribution in [0.3, 0.4) is 0 Å². The Kier molecular flexibility index (Phi) is 4.28. The van der Waals surface area contributed by atoms with Gasteiger partial charge in [-0.15, -0.1) is 0 Å². The van der Waals surface area contributed by atoms with Gasteiger partial charge >= 0.3 is 5.69 Å². The number of nitrogens with zero attached hydrogens (tertiary/aromatic N) is 2. The maximum atomic E-state index is 12.6. The molecule has 0 saturated carbocycles. The molecule has 1 saturated heterocycles. The highest BCUT2D eigenvalue weighted by atomic mass is 32.2. The van der Waals surface area contributed by atoms with E-state index in [9.17, 15) is 13.2 Å². The zero-order valence-corrected chi connectivity index (χ0v) is 14.6. The summed E-state index contributed by atoms with van der Waals surface area (Å²) in [4.78, 5) is 12.1. The molecule has 3 N–H and O–H groups in total. The molecule has 1 aliphatic rings. The molecule has 0 spiro atoms. The molecule has 2 heterocycles. The predicted octanol–water partition coefficient (Wildman–Crippen LogP) is -0.337. The average Bonchev–Trinajstić information content (AvgIpc) is 2.78. The highest BCUT2D eigenvalue weighted by molar-refractivity contribution is 7.89. The van der Waals surface area contributed by atoms with Gasteiger partial charge in [-0.05, 0) is 31.0 Å². The van der Waals surface area contributed by atoms with Gasteiger partial charge in [0.15, 0.2) is 0 Å². The molecule has 9 heteroatoms. The molecule has 0 amide bonds. The highest BCUT2D eigenvalue weighted by Gasteiger charge is 2.30. The molecule has 1 aromatic carbocycles. The minimum atomic E-state index is -3.71. The second-order valence-corrected chi connectivity index (χ2v) is 8.12. The second kappa shape index (κ2) is 5.99. The highest BCUT2D eigenvalue weighted by Crippen LogP contribution is 2.20. The Balaban J connectivity index is 1.88. The molecule has 3 rings (SSSR count). The third-order valence-corrected chi connectivity index (χ3v) is 6.06. The van der Waals surface area contributed by atoms with Gasteiger partial charge in [0.2, 0.25) is 10.0 Å². The zero-order chi connectivity index (χ0) is 17.5. The van der Waals surface area contributed by atoms with Crippen molar-refractivity contribution in [3.63, 3.8) is 0 Å². The summed E-state index contributed by atoms with van der Waals surface area (Å²) in [6.45, 7) is 1.23. The van der Waals surface area contributed by atoms with Crippen molar-refractivity contribution in [2.45, 2.75) is 23.3 Å². The number of imidazole rings is 1. The molecule has 0 unspecified atom stereocenters. The van der Waals surface area contributed by atoms with Gasteiger partial charge in [0.25, 0.3) is 0 Å². The van der Waals surface area contributed by atoms with Crippen molar-refractivity contribution >= 4 is 21.1 Å². The number of hydrogen-bond acceptors (Lipinski definition) is 5. The largest absolute Gasteiger partial charge is 0.381 e. The summed E-state index contributed by atoms with van der Waals surface area (Å²) in [5.41, 5.74) is 6.69. The van der Waals surface area contributed by atoms with Crippen LogP contribution in [0.2, 0.25) is 0 Å². The molecule has 132 valence electrons. The average molecular weight is 354 g/mol. The molecular formula is C15H22N4O4S. The Morgan fingerprint density at radius 1 is 1.21 bits per heavy atom. The van der Waals surface area contributed by atoms with Crippen molar-refractivity contribution in [1.29, 1.82) is 0 Å². The van der Waals surface area contributed by atoms with E-state index in [-0.39, 0.29) is 17.1 Å². The number of hydrogen-bond donors (Lipinski definition) is 2. The summed E-state index contributed by atoms with van der Waals surface area (Å²) in [6, 6.07) is 4.64. The molecular weight excluding hydrogens is 332 g/mol. The van der Waals surface area contributed by atoms with Crippen LogP contribution in [-0.2, 0) is 28.9 Å². The lowest BCUT2D eigenvalue weighted by Gasteiger charge is -2.33. The second-order valence-electron chi connectivity index (χ2n) is 6.35. The summed E-state index contributed by atoms with van der Waals surface area (Å²) in [6.07, 6.45) is 1.23. The predicted molar refractivity (Wildman–Crippen MR) is 90.3 cm³/mol. The molecule has 0 atom stereocenters. The van der Waals surface area contributed by atoms with Crippen LogP contribution in [0.4, 0.5) is 0 Å². The van der Waals surface area contributed by atoms with E-state index in [1.165, 1.54) is 21.3 Å². The van der Waals surface area contributed by atoms with Crippen LogP contribution in [0.5, 0.6) is 0 Å². The first-order chi connectivity index (χ1) is 11.2. The molecule has 0 radical (unpaired) electrons. The number of sulfonamides is 1. The van der Waals surface area contributed by atoms with E-state index in [4.69, 9.17) is 10.5 Å². The van der Waals surface area contributed by atoms with Crippen molar-refractivity contribution in [2.24, 2.45) is 19.8 Å². The van der Waals surface area contributed by atoms with Crippen LogP contribution >= 0.6 is 0 Å². The van der Waals surface area contributed by atoms with E-state index in [0.717, 1.165) is 0 Å². The fourth-order valence-electron chi connectivity index (χ4n) is 2.93. The van der Waals surface area contributed by atoms with Crippen LogP contribution < -0.4 is 16.1 Å². The summed E-state index contributed by atoms with van der Waals surface area (Å²) in [7, 11) is -0.435. The zero-order valence-electron chi connectivity index (χ0n) is 13.8. The van der Waals surface area contributed by atoms with Crippen molar-refractivity contribution in [1.82, 2.24) is 13.9 Å². The molecule has 0 aliphatic carbocycles. The third kappa shape index (κ3) is 3.00. The molecule has 0 bridgehead atoms. The fraction of sp³-hybridized carbons (Fsp3) is 0.533. The van der Waals surface area contributed by atoms with Crippen LogP contribution in [0.15, 0.2) is 27.9 Å². The molecule has 2 aromatic rings. The summed E-state index contributed by atoms with van der Waals surface area (Å²) in [5.74, 6) is 0. The first-order valence-corrected chi connectivity index (χ1v) is 9.24. The van der Waals surface area contributed by atoms with Crippen molar-refractivity contribution in [3.8, 4) is 0 Å². The molecule has 1 aliphatic heterocycles. The Hall–Kier alpha value is -1.68. The number of aryl methyl sites for hydroxylation is 2. The van der Waals surface area contributed by atoms with E-state index in [1.54, 1.807) is 20.2 Å². The minimum absolute atomic E-state index is 0.117. The van der Waals surface area contributed by atoms with Gasteiger partial charge in [0, 0.05) is 39.4 Å². The number of rotatable bonds is 4. The minimum Gasteiger partial charge on any atom is -0.381 e. The van der Waals surface area contributed by atoms with E-state index < -0.39 is 15.6 Å². The first-order valence-electron chi connectivity index (χ1n) is 7.75. The molecule has 24 heavy (non-hydrogen) atoms. The Morgan fingerprint density at radius 3 is 2.50 bits per heavy atom. The van der Waals surface area contributed by atoms with Gasteiger partial charge in [-0.3, -0.25) is 9.13 Å². The topological polar surface area (TPSA) is 108 Å². The van der Waals surface area contributed by atoms with Gasteiger partial charge in [-0.2, -0.15) is 0 Å². The van der Waals surface area contributed by atoms with Crippen LogP contribution in [0, 0.1) is 0 Å². The van der Waals surface area contributed by atoms with E-state index in [0.29, 0.717) is 37.1 Å². The van der Waals surface area contributed by atoms with Gasteiger partial charge in [0.05, 0.1) is 15.9 Å². The lowest BCUT2D eigenvalue weighted by atomic mass is 9.92. The maximum absolute atomic E-state index is 12.6. The first kappa shape index (κ1) is 17.2. The van der Waals surface area contributed by atoms with Crippen molar-refractivity contribution in [2.75, 3.05) is 19.8 Å². The summed E-state index contributed by atoms with van der Waals surface area (Å²) in [5, 5.41) is 0. The number of benzene rings is 1. The van der Waals surface area contributed by atoms with Gasteiger partial charge in [0.1, 0.15) is 0 Å². The van der Waals surface area contributed by atoms with E-state index >= 15 is 0 Å². The number of nitrogens with one attached hydrogen (secondary N) is 1. The van der Waals surface area contributed by atoms with Crippen LogP contribution in [-0.4, -0.2) is 42.8 Å². The van der Waals surface area contributed by atoms with E-state index in [1.807, 2.05) is 0 Å². The Bertz CT molecular complexity index is 923. The summed E-state index contributed by atoms with van der Waals surface area (Å²) < 4.78 is 35.9. The van der Waals surface area contributed by atoms with Crippen LogP contribution in [0.25, 0.3) is 11.0 Å². The molecule has 1 fully saturated rings. The smallest absolute Gasteiger partial charge is 0.328 e. The SMILES string of the molecule is Cn1c(=O)n(C)c2cc(S(=O)(=O)NCC3(N)CCOCC3)ccc21. The Morgan fingerprint density at radius 2 is 1.83 bits per heavy atom. The van der Waals surface area contributed by atoms with Crippen LogP contribution in [0.1, 0.15) is 12.8 Å². The molecule has 8 nitrogen and oxygen atoms in total. The van der Waals surface area contributed by atoms with E-state index in [2.05, 4.69) is 4.72 Å². The van der Waals surface area contributed by atoms with Gasteiger partial charge in [-0.1, -0.05) is 0 Å². The van der Waals surface area contributed by atoms with Crippen molar-refractivity contribution in [3.05, 3.63) is 28.7 Å². The number of fused-ring (bicyclic) bond motifs is 1. The standard InChI is InChI=1S/C15H22N4O4S/c1-18-12-4-3-11(9-13(12)19(2)14(18)20)24(21,22)17-10-15(16)5-7-23-8-6-15/h3-4,9,17H,5-8,10,16H2,1-2H3. The molecule has 1 aromatic heterocycles. The van der Waals surface area contributed by atoms with Gasteiger partial charge < -0.3 is 10.5 Å². The van der Waals surface area contributed by atoms with Gasteiger partial charge in [-0.25, -0.2) is 17.9 Å². The lowest BCUT2D eigenvalue weighted by molar-refractivity contribution is 0.0549. The summed E-state index contributed by atoms with van der Waals surface area (Å²) >= 11 is 0. The monoisotopic (exact) mass is 354 g/mol. The Labute approximate surface area is 140 Å². The quantitative estimate of drug-likeness (QED) is 0.781.